The second-order valence-electron chi connectivity index (χ2n) is 3.40. The number of amides is 1. The van der Waals surface area contributed by atoms with Crippen LogP contribution in [0.3, 0.4) is 0 Å². The number of carbonyl (C=O) groups is 1. The van der Waals surface area contributed by atoms with Crippen molar-refractivity contribution in [1.29, 1.82) is 0 Å². The van der Waals surface area contributed by atoms with Gasteiger partial charge in [0.05, 0.1) is 0 Å². The summed E-state index contributed by atoms with van der Waals surface area (Å²) in [6, 6.07) is 0. The third kappa shape index (κ3) is 10.4. The van der Waals surface area contributed by atoms with Crippen molar-refractivity contribution < 1.29 is 9.90 Å². The van der Waals surface area contributed by atoms with Crippen molar-refractivity contribution in [2.45, 2.75) is 33.1 Å². The van der Waals surface area contributed by atoms with Gasteiger partial charge in [-0.1, -0.05) is 31.1 Å². The largest absolute Gasteiger partial charge is 0.464 e. The van der Waals surface area contributed by atoms with Gasteiger partial charge in [0.1, 0.15) is 0 Å². The first-order chi connectivity index (χ1) is 7.70. The molecule has 0 rings (SSSR count). The molecule has 0 radical (unpaired) electrons. The molecule has 0 unspecified atom stereocenters. The van der Waals surface area contributed by atoms with E-state index >= 15 is 0 Å². The Morgan fingerprint density at radius 3 is 2.50 bits per heavy atom. The Balaban J connectivity index is 3.12. The van der Waals surface area contributed by atoms with Gasteiger partial charge < -0.3 is 10.0 Å². The molecule has 0 saturated heterocycles. The first-order valence-corrected chi connectivity index (χ1v) is 8.02. The molecule has 0 saturated carbocycles. The highest BCUT2D eigenvalue weighted by Crippen LogP contribution is 2.18. The number of unbranched alkanes of at least 4 members (excludes halogenated alkanes) is 2. The molecule has 0 fully saturated rings. The summed E-state index contributed by atoms with van der Waals surface area (Å²) in [6.07, 6.45) is 2.63. The summed E-state index contributed by atoms with van der Waals surface area (Å²) < 4.78 is 2.26. The molecular formula is C10H22N2O2S2. The van der Waals surface area contributed by atoms with Crippen LogP contribution in [-0.4, -0.2) is 41.5 Å². The van der Waals surface area contributed by atoms with E-state index in [9.17, 15) is 4.79 Å². The van der Waals surface area contributed by atoms with E-state index in [0.29, 0.717) is 0 Å². The van der Waals surface area contributed by atoms with Gasteiger partial charge in [0, 0.05) is 16.7 Å². The van der Waals surface area contributed by atoms with Crippen molar-refractivity contribution >= 4 is 27.9 Å². The number of carboxylic acid groups (broad SMARTS) is 1. The standard InChI is InChI=1S/C10H22N2O2S2/c1-3-12(4-2)8-6-5-7-9-15-16-11-10(13)14/h11H,3-9H2,1-2H3,(H,13,14). The molecule has 0 aliphatic rings. The Morgan fingerprint density at radius 1 is 1.25 bits per heavy atom. The maximum Gasteiger partial charge on any atom is 0.415 e. The molecule has 0 aromatic heterocycles. The number of hydrogen-bond donors (Lipinski definition) is 2. The van der Waals surface area contributed by atoms with Crippen molar-refractivity contribution in [2.75, 3.05) is 25.4 Å². The predicted octanol–water partition coefficient (Wildman–Crippen LogP) is 3.06. The van der Waals surface area contributed by atoms with E-state index in [2.05, 4.69) is 23.5 Å². The molecule has 6 heteroatoms. The summed E-state index contributed by atoms with van der Waals surface area (Å²) in [6.45, 7) is 7.81. The lowest BCUT2D eigenvalue weighted by atomic mass is 10.2. The van der Waals surface area contributed by atoms with Crippen LogP contribution in [0.1, 0.15) is 33.1 Å². The highest BCUT2D eigenvalue weighted by molar-refractivity contribution is 8.76. The van der Waals surface area contributed by atoms with Gasteiger partial charge >= 0.3 is 6.09 Å². The Morgan fingerprint density at radius 2 is 1.94 bits per heavy atom. The lowest BCUT2D eigenvalue weighted by Crippen LogP contribution is -2.23. The van der Waals surface area contributed by atoms with Crippen molar-refractivity contribution in [1.82, 2.24) is 9.62 Å². The fourth-order valence-corrected chi connectivity index (χ4v) is 2.85. The number of hydrogen-bond acceptors (Lipinski definition) is 4. The lowest BCUT2D eigenvalue weighted by molar-refractivity contribution is 0.202. The van der Waals surface area contributed by atoms with Gasteiger partial charge in [0.25, 0.3) is 0 Å². The molecule has 0 aromatic rings. The highest BCUT2D eigenvalue weighted by Gasteiger charge is 1.98. The fraction of sp³-hybridized carbons (Fsp3) is 0.900. The molecule has 0 aliphatic carbocycles. The zero-order valence-electron chi connectivity index (χ0n) is 10.1. The Hall–Kier alpha value is -0.0700. The molecule has 0 spiro atoms. The quantitative estimate of drug-likeness (QED) is 0.361. The molecule has 2 N–H and O–H groups in total. The number of nitrogens with one attached hydrogen (secondary N) is 1. The Bertz CT molecular complexity index is 178. The van der Waals surface area contributed by atoms with Crippen LogP contribution in [0.15, 0.2) is 0 Å². The highest BCUT2D eigenvalue weighted by atomic mass is 33.1. The fourth-order valence-electron chi connectivity index (χ4n) is 1.32. The van der Waals surface area contributed by atoms with E-state index in [-0.39, 0.29) is 0 Å². The van der Waals surface area contributed by atoms with E-state index in [1.54, 1.807) is 10.8 Å². The van der Waals surface area contributed by atoms with Crippen LogP contribution in [0.4, 0.5) is 4.79 Å². The second-order valence-corrected chi connectivity index (χ2v) is 5.62. The minimum atomic E-state index is -0.973. The average Bonchev–Trinajstić information content (AvgIpc) is 2.27. The molecule has 0 bridgehead atoms. The van der Waals surface area contributed by atoms with Gasteiger partial charge in [-0.3, -0.25) is 4.72 Å². The summed E-state index contributed by atoms with van der Waals surface area (Å²) >= 11 is 0. The smallest absolute Gasteiger partial charge is 0.415 e. The van der Waals surface area contributed by atoms with Crippen molar-refractivity contribution in [3.63, 3.8) is 0 Å². The third-order valence-corrected chi connectivity index (χ3v) is 4.22. The molecule has 16 heavy (non-hydrogen) atoms. The SMILES string of the molecule is CCN(CC)CCCCCSSNC(=O)O. The van der Waals surface area contributed by atoms with Gasteiger partial charge in [-0.05, 0) is 32.5 Å². The second kappa shape index (κ2) is 11.4. The normalized spacial score (nSPS) is 10.7. The summed E-state index contributed by atoms with van der Waals surface area (Å²) in [5.41, 5.74) is 0. The first-order valence-electron chi connectivity index (χ1n) is 5.70. The molecular weight excluding hydrogens is 244 g/mol. The number of rotatable bonds is 10. The minimum Gasteiger partial charge on any atom is -0.464 e. The predicted molar refractivity (Wildman–Crippen MR) is 72.8 cm³/mol. The van der Waals surface area contributed by atoms with Crippen LogP contribution >= 0.6 is 21.8 Å². The minimum absolute atomic E-state index is 0.973. The van der Waals surface area contributed by atoms with Gasteiger partial charge in [-0.15, -0.1) is 0 Å². The van der Waals surface area contributed by atoms with E-state index in [0.717, 1.165) is 25.3 Å². The Labute approximate surface area is 106 Å². The first kappa shape index (κ1) is 15.9. The monoisotopic (exact) mass is 266 g/mol. The summed E-state index contributed by atoms with van der Waals surface area (Å²) in [4.78, 5) is 12.5. The van der Waals surface area contributed by atoms with E-state index in [1.165, 1.54) is 30.4 Å². The molecule has 0 atom stereocenters. The molecule has 0 aromatic carbocycles. The zero-order valence-corrected chi connectivity index (χ0v) is 11.7. The van der Waals surface area contributed by atoms with Crippen molar-refractivity contribution in [2.24, 2.45) is 0 Å². The molecule has 4 nitrogen and oxygen atoms in total. The molecule has 0 heterocycles. The van der Waals surface area contributed by atoms with Crippen LogP contribution in [0, 0.1) is 0 Å². The van der Waals surface area contributed by atoms with Crippen LogP contribution in [0.25, 0.3) is 0 Å². The van der Waals surface area contributed by atoms with Crippen LogP contribution in [0.2, 0.25) is 0 Å². The Kier molecular flexibility index (Phi) is 11.4. The van der Waals surface area contributed by atoms with Crippen LogP contribution < -0.4 is 4.72 Å². The van der Waals surface area contributed by atoms with Crippen LogP contribution in [-0.2, 0) is 0 Å². The molecule has 1 amide bonds. The zero-order chi connectivity index (χ0) is 12.2. The number of nitrogens with zero attached hydrogens (tertiary/aromatic N) is 1. The maximum absolute atomic E-state index is 10.1. The van der Waals surface area contributed by atoms with E-state index in [4.69, 9.17) is 5.11 Å². The van der Waals surface area contributed by atoms with E-state index in [1.807, 2.05) is 0 Å². The van der Waals surface area contributed by atoms with Gasteiger partial charge in [-0.2, -0.15) is 0 Å². The van der Waals surface area contributed by atoms with Gasteiger partial charge in [-0.25, -0.2) is 4.79 Å². The summed E-state index contributed by atoms with van der Waals surface area (Å²) in [5, 5.41) is 8.32. The topological polar surface area (TPSA) is 52.6 Å². The van der Waals surface area contributed by atoms with Crippen molar-refractivity contribution in [3.8, 4) is 0 Å². The average molecular weight is 266 g/mol. The lowest BCUT2D eigenvalue weighted by Gasteiger charge is -2.17. The molecule has 0 aliphatic heterocycles. The summed E-state index contributed by atoms with van der Waals surface area (Å²) in [7, 11) is 2.75. The summed E-state index contributed by atoms with van der Waals surface area (Å²) in [5.74, 6) is 1.00. The molecule has 96 valence electrons. The van der Waals surface area contributed by atoms with Crippen LogP contribution in [0.5, 0.6) is 0 Å². The third-order valence-electron chi connectivity index (χ3n) is 2.28. The van der Waals surface area contributed by atoms with Gasteiger partial charge in [0.2, 0.25) is 0 Å². The maximum atomic E-state index is 10.1. The van der Waals surface area contributed by atoms with Gasteiger partial charge in [0.15, 0.2) is 0 Å². The van der Waals surface area contributed by atoms with E-state index < -0.39 is 6.09 Å². The van der Waals surface area contributed by atoms with Crippen molar-refractivity contribution in [3.05, 3.63) is 0 Å².